The van der Waals surface area contributed by atoms with Crippen molar-refractivity contribution in [1.29, 1.82) is 0 Å². The molecule has 0 saturated carbocycles. The maximum atomic E-state index is 11.9. The van der Waals surface area contributed by atoms with Gasteiger partial charge in [0.15, 0.2) is 0 Å². The van der Waals surface area contributed by atoms with Crippen LogP contribution in [-0.2, 0) is 4.74 Å². The van der Waals surface area contributed by atoms with Crippen LogP contribution in [0.5, 0.6) is 5.75 Å². The van der Waals surface area contributed by atoms with E-state index in [0.29, 0.717) is 13.2 Å². The number of likely N-dealkylation sites (N-methyl/N-ethyl adjacent to an activating group) is 1. The molecule has 124 valence electrons. The van der Waals surface area contributed by atoms with E-state index in [-0.39, 0.29) is 6.09 Å². The van der Waals surface area contributed by atoms with Gasteiger partial charge in [0.1, 0.15) is 18.0 Å². The molecule has 0 aliphatic rings. The lowest BCUT2D eigenvalue weighted by atomic mass is 10.1. The maximum absolute atomic E-state index is 11.9. The quantitative estimate of drug-likeness (QED) is 0.761. The largest absolute Gasteiger partial charge is 0.492 e. The lowest BCUT2D eigenvalue weighted by Gasteiger charge is -2.24. The molecule has 1 amide bonds. The average molecular weight is 380 g/mol. The molecule has 2 aromatic rings. The Labute approximate surface area is 145 Å². The minimum Gasteiger partial charge on any atom is -0.492 e. The van der Waals surface area contributed by atoms with Gasteiger partial charge in [-0.25, -0.2) is 4.79 Å². The number of carbonyl (C=O) groups is 1. The highest BCUT2D eigenvalue weighted by atomic mass is 79.9. The summed E-state index contributed by atoms with van der Waals surface area (Å²) < 4.78 is 12.1. The highest BCUT2D eigenvalue weighted by Crippen LogP contribution is 2.24. The zero-order chi connectivity index (χ0) is 17.0. The molecule has 0 N–H and O–H groups in total. The van der Waals surface area contributed by atoms with Crippen molar-refractivity contribution in [3.05, 3.63) is 40.9 Å². The molecule has 0 aromatic heterocycles. The van der Waals surface area contributed by atoms with Crippen LogP contribution in [0.15, 0.2) is 40.9 Å². The number of amides is 1. The Kier molecular flexibility index (Phi) is 5.52. The fraction of sp³-hybridized carbons (Fsp3) is 0.389. The number of fused-ring (bicyclic) bond motifs is 1. The van der Waals surface area contributed by atoms with Gasteiger partial charge in [0.25, 0.3) is 0 Å². The van der Waals surface area contributed by atoms with Crippen molar-refractivity contribution in [3.63, 3.8) is 0 Å². The third kappa shape index (κ3) is 5.43. The summed E-state index contributed by atoms with van der Waals surface area (Å²) in [5.41, 5.74) is -0.487. The van der Waals surface area contributed by atoms with Gasteiger partial charge in [-0.3, -0.25) is 0 Å². The first kappa shape index (κ1) is 17.6. The molecule has 5 heteroatoms. The van der Waals surface area contributed by atoms with E-state index in [2.05, 4.69) is 22.0 Å². The number of nitrogens with zero attached hydrogens (tertiary/aromatic N) is 1. The zero-order valence-corrected chi connectivity index (χ0v) is 15.5. The number of carbonyl (C=O) groups excluding carboxylic acids is 1. The second kappa shape index (κ2) is 7.21. The molecule has 0 atom stereocenters. The SMILES string of the molecule is CN(CCOc1ccc2cc(Br)ccc2c1)C(=O)OC(C)(C)C. The van der Waals surface area contributed by atoms with Gasteiger partial charge in [0, 0.05) is 11.5 Å². The molecule has 0 unspecified atom stereocenters. The fourth-order valence-electron chi connectivity index (χ4n) is 2.02. The van der Waals surface area contributed by atoms with Gasteiger partial charge in [0.2, 0.25) is 0 Å². The van der Waals surface area contributed by atoms with Crippen molar-refractivity contribution in [2.45, 2.75) is 26.4 Å². The monoisotopic (exact) mass is 379 g/mol. The summed E-state index contributed by atoms with van der Waals surface area (Å²) in [5.74, 6) is 0.789. The zero-order valence-electron chi connectivity index (χ0n) is 13.9. The maximum Gasteiger partial charge on any atom is 0.410 e. The summed E-state index contributed by atoms with van der Waals surface area (Å²) >= 11 is 3.46. The van der Waals surface area contributed by atoms with E-state index in [1.165, 1.54) is 4.90 Å². The molecule has 0 spiro atoms. The standard InChI is InChI=1S/C18H22BrNO3/c1-18(2,3)23-17(21)20(4)9-10-22-16-8-6-13-11-15(19)7-5-14(13)12-16/h5-8,11-12H,9-10H2,1-4H3. The molecule has 2 rings (SSSR count). The minimum atomic E-state index is -0.487. The van der Waals surface area contributed by atoms with E-state index in [1.807, 2.05) is 51.1 Å². The lowest BCUT2D eigenvalue weighted by Crippen LogP contribution is -2.36. The summed E-state index contributed by atoms with van der Waals surface area (Å²) in [6.45, 7) is 6.43. The normalized spacial score (nSPS) is 11.3. The lowest BCUT2D eigenvalue weighted by molar-refractivity contribution is 0.0278. The van der Waals surface area contributed by atoms with Crippen LogP contribution < -0.4 is 4.74 Å². The molecule has 0 aliphatic carbocycles. The number of ether oxygens (including phenoxy) is 2. The highest BCUT2D eigenvalue weighted by molar-refractivity contribution is 9.10. The Morgan fingerprint density at radius 1 is 1.13 bits per heavy atom. The molecular formula is C18H22BrNO3. The predicted molar refractivity (Wildman–Crippen MR) is 96.0 cm³/mol. The van der Waals surface area contributed by atoms with Crippen LogP contribution in [0.3, 0.4) is 0 Å². The van der Waals surface area contributed by atoms with Crippen LogP contribution in [0.25, 0.3) is 10.8 Å². The summed E-state index contributed by atoms with van der Waals surface area (Å²) in [5, 5.41) is 2.27. The first-order chi connectivity index (χ1) is 10.7. The van der Waals surface area contributed by atoms with Crippen LogP contribution in [-0.4, -0.2) is 36.8 Å². The Hall–Kier alpha value is -1.75. The van der Waals surface area contributed by atoms with Crippen LogP contribution in [0.1, 0.15) is 20.8 Å². The van der Waals surface area contributed by atoms with Crippen molar-refractivity contribution in [2.75, 3.05) is 20.2 Å². The predicted octanol–water partition coefficient (Wildman–Crippen LogP) is 4.85. The van der Waals surface area contributed by atoms with Crippen LogP contribution in [0.2, 0.25) is 0 Å². The van der Waals surface area contributed by atoms with E-state index in [0.717, 1.165) is 21.0 Å². The number of halogens is 1. The number of rotatable bonds is 4. The molecule has 0 radical (unpaired) electrons. The third-order valence-electron chi connectivity index (χ3n) is 3.17. The van der Waals surface area contributed by atoms with Crippen LogP contribution >= 0.6 is 15.9 Å². The smallest absolute Gasteiger partial charge is 0.410 e. The van der Waals surface area contributed by atoms with Gasteiger partial charge < -0.3 is 14.4 Å². The molecule has 0 aliphatic heterocycles. The topological polar surface area (TPSA) is 38.8 Å². The fourth-order valence-corrected chi connectivity index (χ4v) is 2.39. The van der Waals surface area contributed by atoms with Crippen molar-refractivity contribution in [2.24, 2.45) is 0 Å². The van der Waals surface area contributed by atoms with E-state index in [9.17, 15) is 4.79 Å². The number of hydrogen-bond donors (Lipinski definition) is 0. The molecule has 0 heterocycles. The molecular weight excluding hydrogens is 358 g/mol. The Morgan fingerprint density at radius 2 is 1.78 bits per heavy atom. The van der Waals surface area contributed by atoms with Gasteiger partial charge in [-0.2, -0.15) is 0 Å². The van der Waals surface area contributed by atoms with E-state index < -0.39 is 5.60 Å². The van der Waals surface area contributed by atoms with E-state index in [1.54, 1.807) is 7.05 Å². The summed E-state index contributed by atoms with van der Waals surface area (Å²) in [4.78, 5) is 13.4. The molecule has 0 saturated heterocycles. The van der Waals surface area contributed by atoms with Gasteiger partial charge >= 0.3 is 6.09 Å². The van der Waals surface area contributed by atoms with Crippen LogP contribution in [0.4, 0.5) is 4.79 Å². The van der Waals surface area contributed by atoms with Gasteiger partial charge in [-0.05, 0) is 55.8 Å². The second-order valence-electron chi connectivity index (χ2n) is 6.40. The Balaban J connectivity index is 1.89. The Morgan fingerprint density at radius 3 is 2.48 bits per heavy atom. The molecule has 23 heavy (non-hydrogen) atoms. The van der Waals surface area contributed by atoms with E-state index in [4.69, 9.17) is 9.47 Å². The molecule has 2 aromatic carbocycles. The van der Waals surface area contributed by atoms with Gasteiger partial charge in [-0.15, -0.1) is 0 Å². The molecule has 4 nitrogen and oxygen atoms in total. The van der Waals surface area contributed by atoms with Crippen molar-refractivity contribution >= 4 is 32.8 Å². The summed E-state index contributed by atoms with van der Waals surface area (Å²) in [6.07, 6.45) is -0.343. The average Bonchev–Trinajstić information content (AvgIpc) is 2.45. The number of hydrogen-bond acceptors (Lipinski definition) is 3. The summed E-state index contributed by atoms with van der Waals surface area (Å²) in [6, 6.07) is 12.1. The van der Waals surface area contributed by atoms with E-state index >= 15 is 0 Å². The summed E-state index contributed by atoms with van der Waals surface area (Å²) in [7, 11) is 1.70. The van der Waals surface area contributed by atoms with Gasteiger partial charge in [-0.1, -0.05) is 28.1 Å². The highest BCUT2D eigenvalue weighted by Gasteiger charge is 2.19. The van der Waals surface area contributed by atoms with Gasteiger partial charge in [0.05, 0.1) is 6.54 Å². The van der Waals surface area contributed by atoms with Crippen molar-refractivity contribution in [3.8, 4) is 5.75 Å². The first-order valence-electron chi connectivity index (χ1n) is 7.51. The van der Waals surface area contributed by atoms with Crippen molar-refractivity contribution in [1.82, 2.24) is 4.90 Å². The minimum absolute atomic E-state index is 0.343. The molecule has 0 fully saturated rings. The molecule has 0 bridgehead atoms. The second-order valence-corrected chi connectivity index (χ2v) is 7.32. The first-order valence-corrected chi connectivity index (χ1v) is 8.30. The number of benzene rings is 2. The van der Waals surface area contributed by atoms with Crippen molar-refractivity contribution < 1.29 is 14.3 Å². The Bertz CT molecular complexity index is 694. The third-order valence-corrected chi connectivity index (χ3v) is 3.67. The van der Waals surface area contributed by atoms with Crippen LogP contribution in [0, 0.1) is 0 Å².